The Kier molecular flexibility index (Phi) is 6.18. The van der Waals surface area contributed by atoms with Gasteiger partial charge in [0.2, 0.25) is 0 Å². The molecule has 1 heterocycles. The fourth-order valence-electron chi connectivity index (χ4n) is 2.59. The predicted octanol–water partition coefficient (Wildman–Crippen LogP) is 3.59. The maximum absolute atomic E-state index is 12.5. The lowest BCUT2D eigenvalue weighted by Crippen LogP contribution is -2.13. The molecule has 0 saturated carbocycles. The summed E-state index contributed by atoms with van der Waals surface area (Å²) in [5.74, 6) is -1.21. The van der Waals surface area contributed by atoms with Gasteiger partial charge in [-0.2, -0.15) is 10.4 Å². The Bertz CT molecular complexity index is 1080. The minimum absolute atomic E-state index is 0.0240. The SMILES string of the molecule is CCOC(=O)c1nn(-c2ccccc2)cc1/C=C(\C#N)C(=O)Nc1ccccc1. The average Bonchev–Trinajstić information content (AvgIpc) is 3.17. The second kappa shape index (κ2) is 9.15. The number of nitriles is 1. The molecule has 3 rings (SSSR count). The molecule has 29 heavy (non-hydrogen) atoms. The number of ether oxygens (including phenoxy) is 1. The molecule has 0 saturated heterocycles. The van der Waals surface area contributed by atoms with Crippen molar-refractivity contribution in [2.45, 2.75) is 6.92 Å². The first-order chi connectivity index (χ1) is 14.1. The van der Waals surface area contributed by atoms with Crippen molar-refractivity contribution in [1.29, 1.82) is 5.26 Å². The minimum atomic E-state index is -0.630. The Morgan fingerprint density at radius 1 is 1.14 bits per heavy atom. The molecule has 7 heteroatoms. The summed E-state index contributed by atoms with van der Waals surface area (Å²) >= 11 is 0. The number of carbonyl (C=O) groups is 2. The minimum Gasteiger partial charge on any atom is -0.461 e. The molecule has 7 nitrogen and oxygen atoms in total. The molecule has 0 aliphatic heterocycles. The monoisotopic (exact) mass is 386 g/mol. The number of nitrogens with zero attached hydrogens (tertiary/aromatic N) is 3. The Labute approximate surface area is 167 Å². The second-order valence-corrected chi connectivity index (χ2v) is 5.92. The smallest absolute Gasteiger partial charge is 0.359 e. The lowest BCUT2D eigenvalue weighted by atomic mass is 10.1. The van der Waals surface area contributed by atoms with Gasteiger partial charge in [-0.1, -0.05) is 36.4 Å². The zero-order valence-electron chi connectivity index (χ0n) is 15.7. The molecule has 1 aromatic heterocycles. The highest BCUT2D eigenvalue weighted by molar-refractivity contribution is 6.10. The van der Waals surface area contributed by atoms with Crippen molar-refractivity contribution in [2.24, 2.45) is 0 Å². The van der Waals surface area contributed by atoms with Crippen LogP contribution in [0.3, 0.4) is 0 Å². The quantitative estimate of drug-likeness (QED) is 0.397. The average molecular weight is 386 g/mol. The highest BCUT2D eigenvalue weighted by Crippen LogP contribution is 2.18. The summed E-state index contributed by atoms with van der Waals surface area (Å²) in [5.41, 5.74) is 1.46. The topological polar surface area (TPSA) is 97.0 Å². The number of anilines is 1. The van der Waals surface area contributed by atoms with Crippen molar-refractivity contribution in [2.75, 3.05) is 11.9 Å². The molecule has 0 aliphatic rings. The van der Waals surface area contributed by atoms with Crippen LogP contribution in [0.2, 0.25) is 0 Å². The van der Waals surface area contributed by atoms with Crippen LogP contribution < -0.4 is 5.32 Å². The van der Waals surface area contributed by atoms with Gasteiger partial charge < -0.3 is 10.1 Å². The van der Waals surface area contributed by atoms with Crippen LogP contribution in [0.4, 0.5) is 5.69 Å². The van der Waals surface area contributed by atoms with Gasteiger partial charge in [-0.3, -0.25) is 4.79 Å². The Morgan fingerprint density at radius 2 is 1.79 bits per heavy atom. The van der Waals surface area contributed by atoms with Gasteiger partial charge >= 0.3 is 5.97 Å². The number of rotatable bonds is 6. The third kappa shape index (κ3) is 4.76. The van der Waals surface area contributed by atoms with E-state index in [1.807, 2.05) is 42.5 Å². The normalized spacial score (nSPS) is 10.8. The van der Waals surface area contributed by atoms with Crippen LogP contribution >= 0.6 is 0 Å². The molecule has 0 unspecified atom stereocenters. The second-order valence-electron chi connectivity index (χ2n) is 5.92. The summed E-state index contributed by atoms with van der Waals surface area (Å²) < 4.78 is 6.56. The van der Waals surface area contributed by atoms with E-state index in [0.717, 1.165) is 5.69 Å². The van der Waals surface area contributed by atoms with Crippen molar-refractivity contribution in [1.82, 2.24) is 9.78 Å². The number of nitrogens with one attached hydrogen (secondary N) is 1. The Balaban J connectivity index is 1.98. The Hall–Kier alpha value is -4.18. The summed E-state index contributed by atoms with van der Waals surface area (Å²) in [4.78, 5) is 24.8. The molecule has 1 amide bonds. The molecular formula is C22H18N4O3. The zero-order chi connectivity index (χ0) is 20.6. The molecule has 1 N–H and O–H groups in total. The Morgan fingerprint density at radius 3 is 2.41 bits per heavy atom. The van der Waals surface area contributed by atoms with E-state index >= 15 is 0 Å². The molecule has 0 aliphatic carbocycles. The largest absolute Gasteiger partial charge is 0.461 e. The molecule has 144 valence electrons. The number of para-hydroxylation sites is 2. The van der Waals surface area contributed by atoms with Gasteiger partial charge in [0.25, 0.3) is 5.91 Å². The summed E-state index contributed by atoms with van der Waals surface area (Å²) in [6.45, 7) is 1.87. The predicted molar refractivity (Wildman–Crippen MR) is 108 cm³/mol. The van der Waals surface area contributed by atoms with Crippen LogP contribution in [0, 0.1) is 11.3 Å². The van der Waals surface area contributed by atoms with Gasteiger partial charge in [-0.05, 0) is 37.3 Å². The molecular weight excluding hydrogens is 368 g/mol. The third-order valence-electron chi connectivity index (χ3n) is 3.93. The van der Waals surface area contributed by atoms with E-state index < -0.39 is 11.9 Å². The van der Waals surface area contributed by atoms with Gasteiger partial charge in [-0.15, -0.1) is 0 Å². The molecule has 0 radical (unpaired) electrons. The molecule has 0 atom stereocenters. The van der Waals surface area contributed by atoms with E-state index in [-0.39, 0.29) is 17.9 Å². The van der Waals surface area contributed by atoms with E-state index in [4.69, 9.17) is 4.74 Å². The lowest BCUT2D eigenvalue weighted by Gasteiger charge is -2.03. The number of hydrogen-bond acceptors (Lipinski definition) is 5. The molecule has 3 aromatic rings. The van der Waals surface area contributed by atoms with Crippen LogP contribution in [0.5, 0.6) is 0 Å². The van der Waals surface area contributed by atoms with Gasteiger partial charge in [0, 0.05) is 17.4 Å². The van der Waals surface area contributed by atoms with E-state index in [9.17, 15) is 14.9 Å². The van der Waals surface area contributed by atoms with E-state index in [0.29, 0.717) is 11.3 Å². The highest BCUT2D eigenvalue weighted by atomic mass is 16.5. The van der Waals surface area contributed by atoms with Gasteiger partial charge in [-0.25, -0.2) is 9.48 Å². The zero-order valence-corrected chi connectivity index (χ0v) is 15.7. The van der Waals surface area contributed by atoms with Crippen molar-refractivity contribution in [3.8, 4) is 11.8 Å². The summed E-state index contributed by atoms with van der Waals surface area (Å²) in [7, 11) is 0. The van der Waals surface area contributed by atoms with Crippen LogP contribution in [0.25, 0.3) is 11.8 Å². The van der Waals surface area contributed by atoms with Gasteiger partial charge in [0.05, 0.1) is 12.3 Å². The van der Waals surface area contributed by atoms with Crippen LogP contribution in [0.1, 0.15) is 23.0 Å². The first-order valence-corrected chi connectivity index (χ1v) is 8.92. The van der Waals surface area contributed by atoms with Crippen LogP contribution in [-0.2, 0) is 9.53 Å². The molecule has 0 bridgehead atoms. The van der Waals surface area contributed by atoms with Crippen molar-refractivity contribution >= 4 is 23.6 Å². The molecule has 0 fully saturated rings. The summed E-state index contributed by atoms with van der Waals surface area (Å²) in [5, 5.41) is 16.4. The molecule has 2 aromatic carbocycles. The molecule has 0 spiro atoms. The van der Waals surface area contributed by atoms with Crippen LogP contribution in [-0.4, -0.2) is 28.3 Å². The van der Waals surface area contributed by atoms with E-state index in [1.54, 1.807) is 37.4 Å². The number of esters is 1. The first-order valence-electron chi connectivity index (χ1n) is 8.92. The first kappa shape index (κ1) is 19.6. The van der Waals surface area contributed by atoms with Crippen molar-refractivity contribution in [3.63, 3.8) is 0 Å². The lowest BCUT2D eigenvalue weighted by molar-refractivity contribution is -0.112. The summed E-state index contributed by atoms with van der Waals surface area (Å²) in [6.07, 6.45) is 2.91. The van der Waals surface area contributed by atoms with E-state index in [1.165, 1.54) is 10.8 Å². The third-order valence-corrected chi connectivity index (χ3v) is 3.93. The van der Waals surface area contributed by atoms with Crippen LogP contribution in [0.15, 0.2) is 72.4 Å². The number of hydrogen-bond donors (Lipinski definition) is 1. The fourth-order valence-corrected chi connectivity index (χ4v) is 2.59. The highest BCUT2D eigenvalue weighted by Gasteiger charge is 2.19. The number of benzene rings is 2. The fraction of sp³-hybridized carbons (Fsp3) is 0.0909. The maximum atomic E-state index is 12.5. The van der Waals surface area contributed by atoms with E-state index in [2.05, 4.69) is 10.4 Å². The van der Waals surface area contributed by atoms with Crippen molar-refractivity contribution in [3.05, 3.63) is 83.7 Å². The van der Waals surface area contributed by atoms with Gasteiger partial charge in [0.1, 0.15) is 11.6 Å². The van der Waals surface area contributed by atoms with Crippen molar-refractivity contribution < 1.29 is 14.3 Å². The maximum Gasteiger partial charge on any atom is 0.359 e. The number of aromatic nitrogens is 2. The number of carbonyl (C=O) groups excluding carboxylic acids is 2. The number of amides is 1. The summed E-state index contributed by atoms with van der Waals surface area (Å²) in [6, 6.07) is 19.8. The standard InChI is InChI=1S/C22H18N4O3/c1-2-29-22(28)20-17(15-26(25-20)19-11-7-4-8-12-19)13-16(14-23)21(27)24-18-9-5-3-6-10-18/h3-13,15H,2H2,1H3,(H,24,27)/b16-13+. The van der Waals surface area contributed by atoms with Gasteiger partial charge in [0.15, 0.2) is 5.69 Å².